The van der Waals surface area contributed by atoms with Crippen molar-refractivity contribution in [3.05, 3.63) is 0 Å². The molecule has 0 amide bonds. The second-order valence-corrected chi connectivity index (χ2v) is 28.1. The highest BCUT2D eigenvalue weighted by Crippen LogP contribution is 2.45. The Morgan fingerprint density at radius 1 is 0.333 bits per heavy atom. The number of carbonyl (C=O) groups is 4. The van der Waals surface area contributed by atoms with E-state index in [0.29, 0.717) is 37.5 Å². The van der Waals surface area contributed by atoms with E-state index in [-0.39, 0.29) is 25.7 Å². The number of phosphoric ester groups is 2. The van der Waals surface area contributed by atoms with Crippen molar-refractivity contribution < 1.29 is 80.2 Å². The predicted molar refractivity (Wildman–Crippen MR) is 335 cm³/mol. The van der Waals surface area contributed by atoms with Crippen LogP contribution in [-0.4, -0.2) is 96.7 Å². The lowest BCUT2D eigenvalue weighted by atomic mass is 10.00. The first-order valence-corrected chi connectivity index (χ1v) is 36.7. The zero-order valence-electron chi connectivity index (χ0n) is 54.5. The number of ether oxygens (including phenoxy) is 4. The lowest BCUT2D eigenvalue weighted by molar-refractivity contribution is -0.161. The molecule has 0 bridgehead atoms. The van der Waals surface area contributed by atoms with Gasteiger partial charge in [0.2, 0.25) is 0 Å². The van der Waals surface area contributed by atoms with E-state index in [1.807, 2.05) is 0 Å². The first kappa shape index (κ1) is 82.1. The third-order valence-electron chi connectivity index (χ3n) is 15.2. The van der Waals surface area contributed by atoms with Crippen LogP contribution >= 0.6 is 15.6 Å². The lowest BCUT2D eigenvalue weighted by Crippen LogP contribution is -2.30. The Morgan fingerprint density at radius 2 is 0.571 bits per heavy atom. The predicted octanol–water partition coefficient (Wildman–Crippen LogP) is 17.8. The maximum atomic E-state index is 13.0. The van der Waals surface area contributed by atoms with E-state index >= 15 is 0 Å². The molecule has 0 spiro atoms. The summed E-state index contributed by atoms with van der Waals surface area (Å²) in [6, 6.07) is 0. The molecular formula is C65H126O17P2. The van der Waals surface area contributed by atoms with Gasteiger partial charge in [0.1, 0.15) is 19.3 Å². The largest absolute Gasteiger partial charge is 0.472 e. The molecule has 0 aromatic heterocycles. The van der Waals surface area contributed by atoms with E-state index in [2.05, 4.69) is 55.4 Å². The standard InChI is InChI=1S/C65H126O17P2/c1-9-58(8)44-36-28-22-24-30-38-46-63(68)76-52-60(81-64(69)47-39-31-19-15-13-11-10-12-14-17-25-33-41-55(2)3)53-79-83(71,72)77-49-59(66)50-78-84(73,74)80-54-61(51-75-62(67)45-37-29-23-21-27-35-43-57(6)7)82-65(70)48-40-32-20-16-18-26-34-42-56(4)5/h55-61,66H,9-54H2,1-8H3,(H,71,72)(H,73,74)/t58?,59-,60-,61-/m1/s1. The van der Waals surface area contributed by atoms with E-state index in [4.69, 9.17) is 37.0 Å². The summed E-state index contributed by atoms with van der Waals surface area (Å²) in [7, 11) is -9.89. The maximum Gasteiger partial charge on any atom is 0.472 e. The number of aliphatic hydroxyl groups is 1. The Balaban J connectivity index is 5.24. The van der Waals surface area contributed by atoms with Crippen LogP contribution in [0.4, 0.5) is 0 Å². The van der Waals surface area contributed by atoms with Gasteiger partial charge in [0.25, 0.3) is 0 Å². The van der Waals surface area contributed by atoms with Gasteiger partial charge in [0.15, 0.2) is 12.2 Å². The zero-order chi connectivity index (χ0) is 62.5. The van der Waals surface area contributed by atoms with Crippen LogP contribution in [0.15, 0.2) is 0 Å². The summed E-state index contributed by atoms with van der Waals surface area (Å²) in [6.07, 6.45) is 35.1. The number of carbonyl (C=O) groups excluding carboxylic acids is 4. The van der Waals surface area contributed by atoms with Crippen molar-refractivity contribution in [2.45, 2.75) is 331 Å². The van der Waals surface area contributed by atoms with E-state index in [0.717, 1.165) is 115 Å². The number of hydrogen-bond donors (Lipinski definition) is 3. The highest BCUT2D eigenvalue weighted by Gasteiger charge is 2.30. The fourth-order valence-electron chi connectivity index (χ4n) is 9.57. The summed E-state index contributed by atoms with van der Waals surface area (Å²) in [5.74, 6) is 0.742. The number of hydrogen-bond acceptors (Lipinski definition) is 15. The average Bonchev–Trinajstić information content (AvgIpc) is 3.50. The van der Waals surface area contributed by atoms with E-state index in [1.54, 1.807) is 0 Å². The van der Waals surface area contributed by atoms with Crippen LogP contribution in [0.1, 0.15) is 312 Å². The minimum atomic E-state index is -4.95. The number of esters is 4. The Labute approximate surface area is 511 Å². The number of rotatable bonds is 62. The van der Waals surface area contributed by atoms with E-state index in [9.17, 15) is 43.2 Å². The van der Waals surface area contributed by atoms with Gasteiger partial charge in [0.05, 0.1) is 26.4 Å². The molecule has 0 rings (SSSR count). The number of unbranched alkanes of at least 4 members (excludes halogenated alkanes) is 27. The van der Waals surface area contributed by atoms with Crippen LogP contribution in [0.3, 0.4) is 0 Å². The molecule has 0 saturated carbocycles. The van der Waals surface area contributed by atoms with Crippen molar-refractivity contribution in [2.75, 3.05) is 39.6 Å². The van der Waals surface area contributed by atoms with E-state index in [1.165, 1.54) is 103 Å². The first-order valence-electron chi connectivity index (χ1n) is 33.7. The van der Waals surface area contributed by atoms with E-state index < -0.39 is 97.5 Å². The molecule has 0 saturated heterocycles. The molecule has 3 unspecified atom stereocenters. The maximum absolute atomic E-state index is 13.0. The van der Waals surface area contributed by atoms with Gasteiger partial charge in [-0.1, -0.05) is 261 Å². The Hall–Kier alpha value is -1.94. The van der Waals surface area contributed by atoms with Crippen molar-refractivity contribution in [3.8, 4) is 0 Å². The summed E-state index contributed by atoms with van der Waals surface area (Å²) >= 11 is 0. The van der Waals surface area contributed by atoms with Crippen molar-refractivity contribution in [1.29, 1.82) is 0 Å². The Kier molecular flexibility index (Phi) is 53.9. The molecule has 0 aromatic carbocycles. The summed E-state index contributed by atoms with van der Waals surface area (Å²) in [5, 5.41) is 10.5. The molecular weight excluding hydrogens is 1110 g/mol. The lowest BCUT2D eigenvalue weighted by Gasteiger charge is -2.21. The summed E-state index contributed by atoms with van der Waals surface area (Å²) in [5.41, 5.74) is 0. The minimum Gasteiger partial charge on any atom is -0.462 e. The fourth-order valence-corrected chi connectivity index (χ4v) is 11.2. The normalized spacial score (nSPS) is 14.7. The van der Waals surface area contributed by atoms with Crippen LogP contribution < -0.4 is 0 Å². The Morgan fingerprint density at radius 3 is 0.845 bits per heavy atom. The molecule has 0 aromatic rings. The van der Waals surface area contributed by atoms with Crippen molar-refractivity contribution >= 4 is 39.5 Å². The second kappa shape index (κ2) is 55.2. The van der Waals surface area contributed by atoms with Gasteiger partial charge in [-0.15, -0.1) is 0 Å². The van der Waals surface area contributed by atoms with Gasteiger partial charge in [-0.3, -0.25) is 37.3 Å². The van der Waals surface area contributed by atoms with Crippen LogP contribution in [0, 0.1) is 23.7 Å². The molecule has 0 aliphatic carbocycles. The molecule has 0 fully saturated rings. The average molecular weight is 1240 g/mol. The molecule has 0 heterocycles. The van der Waals surface area contributed by atoms with Crippen molar-refractivity contribution in [3.63, 3.8) is 0 Å². The fraction of sp³-hybridized carbons (Fsp3) is 0.938. The molecule has 6 atom stereocenters. The van der Waals surface area contributed by atoms with Crippen LogP contribution in [0.5, 0.6) is 0 Å². The van der Waals surface area contributed by atoms with Gasteiger partial charge < -0.3 is 33.8 Å². The highest BCUT2D eigenvalue weighted by atomic mass is 31.2. The highest BCUT2D eigenvalue weighted by molar-refractivity contribution is 7.47. The van der Waals surface area contributed by atoms with Gasteiger partial charge >= 0.3 is 39.5 Å². The molecule has 19 heteroatoms. The zero-order valence-corrected chi connectivity index (χ0v) is 56.3. The molecule has 17 nitrogen and oxygen atoms in total. The Bertz CT molecular complexity index is 1680. The summed E-state index contributed by atoms with van der Waals surface area (Å²) < 4.78 is 68.0. The van der Waals surface area contributed by atoms with Gasteiger partial charge in [-0.25, -0.2) is 9.13 Å². The van der Waals surface area contributed by atoms with Gasteiger partial charge in [0, 0.05) is 25.7 Å². The van der Waals surface area contributed by atoms with Gasteiger partial charge in [-0.05, 0) is 49.4 Å². The molecule has 0 aliphatic heterocycles. The summed E-state index contributed by atoms with van der Waals surface area (Å²) in [4.78, 5) is 72.2. The quantitative estimate of drug-likeness (QED) is 0.0222. The van der Waals surface area contributed by atoms with Crippen LogP contribution in [0.25, 0.3) is 0 Å². The third-order valence-corrected chi connectivity index (χ3v) is 17.1. The smallest absolute Gasteiger partial charge is 0.462 e. The molecule has 498 valence electrons. The number of phosphoric acid groups is 2. The topological polar surface area (TPSA) is 237 Å². The minimum absolute atomic E-state index is 0.102. The van der Waals surface area contributed by atoms with Crippen molar-refractivity contribution in [2.24, 2.45) is 23.7 Å². The third kappa shape index (κ3) is 57.8. The van der Waals surface area contributed by atoms with Crippen LogP contribution in [-0.2, 0) is 65.4 Å². The molecule has 3 N–H and O–H groups in total. The monoisotopic (exact) mass is 1240 g/mol. The van der Waals surface area contributed by atoms with Crippen molar-refractivity contribution in [1.82, 2.24) is 0 Å². The van der Waals surface area contributed by atoms with Crippen LogP contribution in [0.2, 0.25) is 0 Å². The SMILES string of the molecule is CCC(C)CCCCCCCCC(=O)OC[C@H](COP(=O)(O)OC[C@@H](O)COP(=O)(O)OC[C@@H](COC(=O)CCCCCCCCC(C)C)OC(=O)CCCCCCCCCC(C)C)OC(=O)CCCCCCCCCCCCCCC(C)C. The molecule has 0 radical (unpaired) electrons. The molecule has 84 heavy (non-hydrogen) atoms. The van der Waals surface area contributed by atoms with Gasteiger partial charge in [-0.2, -0.15) is 0 Å². The second-order valence-electron chi connectivity index (χ2n) is 25.2. The number of aliphatic hydroxyl groups excluding tert-OH is 1. The summed E-state index contributed by atoms with van der Waals surface area (Å²) in [6.45, 7) is 13.9. The molecule has 0 aliphatic rings. The first-order chi connectivity index (χ1) is 40.1.